The zero-order chi connectivity index (χ0) is 20.3. The summed E-state index contributed by atoms with van der Waals surface area (Å²) in [7, 11) is 1.80. The van der Waals surface area contributed by atoms with Crippen LogP contribution in [0.2, 0.25) is 0 Å². The number of fused-ring (bicyclic) bond motifs is 2. The second-order valence-electron chi connectivity index (χ2n) is 7.89. The Morgan fingerprint density at radius 2 is 1.69 bits per heavy atom. The summed E-state index contributed by atoms with van der Waals surface area (Å²) in [5.74, 6) is 1.66. The Morgan fingerprint density at radius 1 is 1.00 bits per heavy atom. The van der Waals surface area contributed by atoms with Gasteiger partial charge in [-0.3, -0.25) is 5.32 Å². The first kappa shape index (κ1) is 20.2. The highest BCUT2D eigenvalue weighted by molar-refractivity contribution is 5.36. The van der Waals surface area contributed by atoms with Crippen LogP contribution in [0.15, 0.2) is 48.5 Å². The number of hydrogen-bond acceptors (Lipinski definition) is 6. The number of rotatable bonds is 7. The van der Waals surface area contributed by atoms with Gasteiger partial charge < -0.3 is 25.0 Å². The SMILES string of the molecule is CNC1(C(O)CNCC(O)C2CCc3ccccc3O2)CCc2ccccc2O1. The van der Waals surface area contributed by atoms with Crippen LogP contribution in [0.4, 0.5) is 0 Å². The van der Waals surface area contributed by atoms with Gasteiger partial charge in [-0.25, -0.2) is 0 Å². The summed E-state index contributed by atoms with van der Waals surface area (Å²) in [5.41, 5.74) is 1.50. The largest absolute Gasteiger partial charge is 0.487 e. The lowest BCUT2D eigenvalue weighted by Crippen LogP contribution is -2.62. The van der Waals surface area contributed by atoms with Crippen LogP contribution in [0.5, 0.6) is 11.5 Å². The zero-order valence-corrected chi connectivity index (χ0v) is 16.8. The lowest BCUT2D eigenvalue weighted by molar-refractivity contribution is -0.0861. The number of aliphatic hydroxyl groups is 2. The Balaban J connectivity index is 1.30. The molecule has 29 heavy (non-hydrogen) atoms. The van der Waals surface area contributed by atoms with E-state index < -0.39 is 17.9 Å². The molecule has 0 aromatic heterocycles. The average Bonchev–Trinajstić information content (AvgIpc) is 2.78. The van der Waals surface area contributed by atoms with Gasteiger partial charge in [0.15, 0.2) is 5.72 Å². The predicted octanol–water partition coefficient (Wildman–Crippen LogP) is 1.63. The molecule has 0 bridgehead atoms. The van der Waals surface area contributed by atoms with E-state index in [9.17, 15) is 10.2 Å². The number of para-hydroxylation sites is 2. The third-order valence-electron chi connectivity index (χ3n) is 6.06. The van der Waals surface area contributed by atoms with E-state index >= 15 is 0 Å². The van der Waals surface area contributed by atoms with Crippen LogP contribution in [0.3, 0.4) is 0 Å². The van der Waals surface area contributed by atoms with E-state index in [1.807, 2.05) is 36.4 Å². The normalized spacial score (nSPS) is 25.1. The first-order valence-electron chi connectivity index (χ1n) is 10.4. The number of aliphatic hydroxyl groups excluding tert-OH is 2. The Morgan fingerprint density at radius 3 is 2.45 bits per heavy atom. The number of ether oxygens (including phenoxy) is 2. The fourth-order valence-electron chi connectivity index (χ4n) is 4.24. The van der Waals surface area contributed by atoms with Gasteiger partial charge in [-0.1, -0.05) is 36.4 Å². The highest BCUT2D eigenvalue weighted by Gasteiger charge is 2.41. The van der Waals surface area contributed by atoms with Gasteiger partial charge >= 0.3 is 0 Å². The average molecular weight is 399 g/mol. The van der Waals surface area contributed by atoms with Crippen molar-refractivity contribution in [2.45, 2.75) is 49.7 Å². The molecule has 4 atom stereocenters. The predicted molar refractivity (Wildman–Crippen MR) is 111 cm³/mol. The molecule has 6 heteroatoms. The van der Waals surface area contributed by atoms with Crippen LogP contribution in [0.25, 0.3) is 0 Å². The fraction of sp³-hybridized carbons (Fsp3) is 0.478. The number of aryl methyl sites for hydroxylation is 2. The molecule has 0 spiro atoms. The van der Waals surface area contributed by atoms with Crippen LogP contribution < -0.4 is 20.1 Å². The molecule has 0 saturated heterocycles. The Labute approximate surface area is 171 Å². The van der Waals surface area contributed by atoms with Crippen LogP contribution >= 0.6 is 0 Å². The maximum Gasteiger partial charge on any atom is 0.188 e. The minimum Gasteiger partial charge on any atom is -0.487 e. The molecule has 4 rings (SSSR count). The molecule has 156 valence electrons. The molecular formula is C23H30N2O4. The van der Waals surface area contributed by atoms with Crippen LogP contribution in [0.1, 0.15) is 24.0 Å². The molecule has 6 nitrogen and oxygen atoms in total. The third-order valence-corrected chi connectivity index (χ3v) is 6.06. The maximum absolute atomic E-state index is 10.8. The van der Waals surface area contributed by atoms with Crippen LogP contribution in [0, 0.1) is 0 Å². The van der Waals surface area contributed by atoms with Gasteiger partial charge in [-0.05, 0) is 49.6 Å². The van der Waals surface area contributed by atoms with Crippen molar-refractivity contribution in [2.24, 2.45) is 0 Å². The molecule has 0 saturated carbocycles. The number of benzene rings is 2. The summed E-state index contributed by atoms with van der Waals surface area (Å²) in [6.07, 6.45) is 1.54. The van der Waals surface area contributed by atoms with Gasteiger partial charge in [-0.2, -0.15) is 0 Å². The molecule has 0 radical (unpaired) electrons. The number of hydrogen-bond donors (Lipinski definition) is 4. The summed E-state index contributed by atoms with van der Waals surface area (Å²) in [6, 6.07) is 15.9. The van der Waals surface area contributed by atoms with Gasteiger partial charge in [0, 0.05) is 19.5 Å². The third kappa shape index (κ3) is 4.26. The summed E-state index contributed by atoms with van der Waals surface area (Å²) >= 11 is 0. The highest BCUT2D eigenvalue weighted by atomic mass is 16.5. The second-order valence-corrected chi connectivity index (χ2v) is 7.89. The smallest absolute Gasteiger partial charge is 0.188 e. The second kappa shape index (κ2) is 8.71. The summed E-state index contributed by atoms with van der Waals surface area (Å²) < 4.78 is 12.1. The van der Waals surface area contributed by atoms with Crippen molar-refractivity contribution in [3.63, 3.8) is 0 Å². The lowest BCUT2D eigenvalue weighted by Gasteiger charge is -2.42. The van der Waals surface area contributed by atoms with Crippen LogP contribution in [-0.4, -0.2) is 54.4 Å². The molecular weight excluding hydrogens is 368 g/mol. The van der Waals surface area contributed by atoms with E-state index in [0.29, 0.717) is 19.5 Å². The van der Waals surface area contributed by atoms with E-state index in [2.05, 4.69) is 22.8 Å². The zero-order valence-electron chi connectivity index (χ0n) is 16.8. The molecule has 0 amide bonds. The molecule has 2 heterocycles. The van der Waals surface area contributed by atoms with Gasteiger partial charge in [0.1, 0.15) is 29.8 Å². The minimum atomic E-state index is -0.841. The molecule has 0 aliphatic carbocycles. The summed E-state index contributed by atoms with van der Waals surface area (Å²) in [5, 5.41) is 27.8. The van der Waals surface area contributed by atoms with Gasteiger partial charge in [-0.15, -0.1) is 0 Å². The molecule has 0 fully saturated rings. The molecule has 2 aromatic rings. The molecule has 4 N–H and O–H groups in total. The summed E-state index contributed by atoms with van der Waals surface area (Å²) in [4.78, 5) is 0. The Hall–Kier alpha value is -2.12. The molecule has 2 aliphatic rings. The lowest BCUT2D eigenvalue weighted by atomic mass is 9.93. The van der Waals surface area contributed by atoms with Crippen molar-refractivity contribution in [3.8, 4) is 11.5 Å². The van der Waals surface area contributed by atoms with Crippen molar-refractivity contribution < 1.29 is 19.7 Å². The van der Waals surface area contributed by atoms with Crippen molar-refractivity contribution in [1.82, 2.24) is 10.6 Å². The maximum atomic E-state index is 10.8. The van der Waals surface area contributed by atoms with Crippen LogP contribution in [-0.2, 0) is 12.8 Å². The minimum absolute atomic E-state index is 0.245. The topological polar surface area (TPSA) is 83.0 Å². The number of likely N-dealkylation sites (N-methyl/N-ethyl adjacent to an activating group) is 1. The molecule has 2 aromatic carbocycles. The quantitative estimate of drug-likeness (QED) is 0.568. The van der Waals surface area contributed by atoms with Crippen molar-refractivity contribution in [2.75, 3.05) is 20.1 Å². The highest BCUT2D eigenvalue weighted by Crippen LogP contribution is 2.33. The molecule has 4 unspecified atom stereocenters. The first-order valence-corrected chi connectivity index (χ1v) is 10.4. The van der Waals surface area contributed by atoms with Gasteiger partial charge in [0.2, 0.25) is 0 Å². The fourth-order valence-corrected chi connectivity index (χ4v) is 4.24. The van der Waals surface area contributed by atoms with Gasteiger partial charge in [0.25, 0.3) is 0 Å². The van der Waals surface area contributed by atoms with E-state index in [1.54, 1.807) is 7.05 Å². The van der Waals surface area contributed by atoms with E-state index in [0.717, 1.165) is 36.3 Å². The van der Waals surface area contributed by atoms with E-state index in [1.165, 1.54) is 5.56 Å². The van der Waals surface area contributed by atoms with E-state index in [4.69, 9.17) is 9.47 Å². The van der Waals surface area contributed by atoms with Crippen molar-refractivity contribution in [1.29, 1.82) is 0 Å². The monoisotopic (exact) mass is 398 g/mol. The van der Waals surface area contributed by atoms with E-state index in [-0.39, 0.29) is 6.10 Å². The first-order chi connectivity index (χ1) is 14.1. The number of nitrogens with one attached hydrogen (secondary N) is 2. The van der Waals surface area contributed by atoms with Crippen molar-refractivity contribution >= 4 is 0 Å². The van der Waals surface area contributed by atoms with Crippen molar-refractivity contribution in [3.05, 3.63) is 59.7 Å². The summed E-state index contributed by atoms with van der Waals surface area (Å²) in [6.45, 7) is 0.656. The standard InChI is InChI=1S/C23H30N2O4/c1-24-23(13-12-17-7-3-5-9-20(17)29-23)22(27)15-25-14-18(26)21-11-10-16-6-2-4-8-19(16)28-21/h2-9,18,21-22,24-27H,10-15H2,1H3. The Bertz CT molecular complexity index is 830. The van der Waals surface area contributed by atoms with Gasteiger partial charge in [0.05, 0.1) is 0 Å². The molecule has 2 aliphatic heterocycles. The Kier molecular flexibility index (Phi) is 6.06.